The van der Waals surface area contributed by atoms with Gasteiger partial charge in [0.1, 0.15) is 11.9 Å². The van der Waals surface area contributed by atoms with Gasteiger partial charge in [0.15, 0.2) is 5.76 Å². The minimum Gasteiger partial charge on any atom is -0.455 e. The Morgan fingerprint density at radius 3 is 2.93 bits per heavy atom. The molecular weight excluding hydrogens is 374 g/mol. The summed E-state index contributed by atoms with van der Waals surface area (Å²) in [6.07, 6.45) is 5.89. The summed E-state index contributed by atoms with van der Waals surface area (Å²) in [6, 6.07) is 0. The Hall–Kier alpha value is -2.16. The van der Waals surface area contributed by atoms with Gasteiger partial charge < -0.3 is 23.9 Å². The van der Waals surface area contributed by atoms with Gasteiger partial charge in [-0.2, -0.15) is 5.10 Å². The molecule has 0 bridgehead atoms. The van der Waals surface area contributed by atoms with Crippen molar-refractivity contribution in [1.29, 1.82) is 0 Å². The van der Waals surface area contributed by atoms with E-state index in [2.05, 4.69) is 11.5 Å². The van der Waals surface area contributed by atoms with Crippen molar-refractivity contribution in [3.05, 3.63) is 28.8 Å². The van der Waals surface area contributed by atoms with Crippen LogP contribution in [0, 0.1) is 6.92 Å². The smallest absolute Gasteiger partial charge is 0.287 e. The van der Waals surface area contributed by atoms with Crippen molar-refractivity contribution in [3.8, 4) is 11.3 Å². The van der Waals surface area contributed by atoms with Gasteiger partial charge in [-0.3, -0.25) is 9.48 Å². The van der Waals surface area contributed by atoms with E-state index >= 15 is 0 Å². The van der Waals surface area contributed by atoms with Crippen LogP contribution in [-0.2, 0) is 33.6 Å². The molecule has 2 aromatic rings. The first-order valence-corrected chi connectivity index (χ1v) is 10.5. The highest BCUT2D eigenvalue weighted by Crippen LogP contribution is 2.38. The van der Waals surface area contributed by atoms with Crippen molar-refractivity contribution in [3.63, 3.8) is 0 Å². The highest BCUT2D eigenvalue weighted by atomic mass is 16.6. The zero-order valence-electron chi connectivity index (χ0n) is 16.7. The van der Waals surface area contributed by atoms with Crippen LogP contribution >= 0.6 is 0 Å². The molecule has 2 fully saturated rings. The summed E-state index contributed by atoms with van der Waals surface area (Å²) < 4.78 is 24.7. The molecule has 2 atom stereocenters. The Balaban J connectivity index is 1.34. The van der Waals surface area contributed by atoms with E-state index in [1.54, 1.807) is 0 Å². The van der Waals surface area contributed by atoms with Gasteiger partial charge in [0.05, 0.1) is 38.2 Å². The topological polar surface area (TPSA) is 87.8 Å². The number of nitrogens with one attached hydrogen (secondary N) is 1. The van der Waals surface area contributed by atoms with Gasteiger partial charge in [-0.05, 0) is 31.7 Å². The maximum Gasteiger partial charge on any atom is 0.287 e. The Bertz CT molecular complexity index is 891. The Labute approximate surface area is 169 Å². The molecule has 5 rings (SSSR count). The Kier molecular flexibility index (Phi) is 5.15. The fourth-order valence-corrected chi connectivity index (χ4v) is 4.42. The number of aryl methyl sites for hydroxylation is 2. The lowest BCUT2D eigenvalue weighted by Gasteiger charge is -2.22. The molecule has 2 aliphatic heterocycles. The van der Waals surface area contributed by atoms with Crippen molar-refractivity contribution in [2.24, 2.45) is 0 Å². The molecule has 0 spiro atoms. The Morgan fingerprint density at radius 2 is 2.14 bits per heavy atom. The number of carbonyl (C=O) groups is 1. The predicted octanol–water partition coefficient (Wildman–Crippen LogP) is 1.87. The molecule has 1 amide bonds. The van der Waals surface area contributed by atoms with Crippen molar-refractivity contribution >= 4 is 5.91 Å². The largest absolute Gasteiger partial charge is 0.455 e. The fourth-order valence-electron chi connectivity index (χ4n) is 4.42. The van der Waals surface area contributed by atoms with Gasteiger partial charge >= 0.3 is 0 Å². The number of hydrogen-bond donors (Lipinski definition) is 1. The number of hydrogen-bond acceptors (Lipinski definition) is 6. The van der Waals surface area contributed by atoms with E-state index in [1.165, 1.54) is 5.56 Å². The van der Waals surface area contributed by atoms with Crippen molar-refractivity contribution in [1.82, 2.24) is 15.1 Å². The molecule has 156 valence electrons. The van der Waals surface area contributed by atoms with E-state index in [0.29, 0.717) is 38.7 Å². The van der Waals surface area contributed by atoms with Gasteiger partial charge in [-0.25, -0.2) is 0 Å². The van der Waals surface area contributed by atoms with Crippen molar-refractivity contribution < 1.29 is 23.4 Å². The summed E-state index contributed by atoms with van der Waals surface area (Å²) in [5, 5.41) is 7.76. The SMILES string of the molecule is Cc1c(C(=O)NC[C@@H]2CCCO2)oc2c1-c1nn(C[C@H]3COCCO3)cc1CC2. The minimum absolute atomic E-state index is 0.0224. The number of carbonyl (C=O) groups excluding carboxylic acids is 1. The van der Waals surface area contributed by atoms with Crippen LogP contribution in [-0.4, -0.2) is 60.9 Å². The molecule has 2 aromatic heterocycles. The first-order chi connectivity index (χ1) is 14.2. The summed E-state index contributed by atoms with van der Waals surface area (Å²) in [5.74, 6) is 1.06. The van der Waals surface area contributed by atoms with E-state index in [0.717, 1.165) is 54.9 Å². The molecular formula is C21H27N3O5. The number of aromatic nitrogens is 2. The van der Waals surface area contributed by atoms with E-state index in [4.69, 9.17) is 23.7 Å². The second-order valence-corrected chi connectivity index (χ2v) is 7.99. The lowest BCUT2D eigenvalue weighted by atomic mass is 9.93. The van der Waals surface area contributed by atoms with Crippen LogP contribution in [0.15, 0.2) is 10.6 Å². The van der Waals surface area contributed by atoms with E-state index in [-0.39, 0.29) is 18.1 Å². The monoisotopic (exact) mass is 401 g/mol. The molecule has 0 unspecified atom stereocenters. The van der Waals surface area contributed by atoms with E-state index in [9.17, 15) is 4.79 Å². The average molecular weight is 401 g/mol. The van der Waals surface area contributed by atoms with Crippen molar-refractivity contribution in [2.75, 3.05) is 33.0 Å². The van der Waals surface area contributed by atoms with Crippen LogP contribution in [0.1, 0.15) is 40.3 Å². The molecule has 0 radical (unpaired) electrons. The fraction of sp³-hybridized carbons (Fsp3) is 0.619. The first kappa shape index (κ1) is 18.8. The van der Waals surface area contributed by atoms with Gasteiger partial charge in [-0.15, -0.1) is 0 Å². The summed E-state index contributed by atoms with van der Waals surface area (Å²) in [7, 11) is 0. The molecule has 8 nitrogen and oxygen atoms in total. The first-order valence-electron chi connectivity index (χ1n) is 10.5. The quantitative estimate of drug-likeness (QED) is 0.823. The van der Waals surface area contributed by atoms with Crippen molar-refractivity contribution in [2.45, 2.75) is 51.4 Å². The summed E-state index contributed by atoms with van der Waals surface area (Å²) >= 11 is 0. The molecule has 1 aliphatic carbocycles. The van der Waals surface area contributed by atoms with Crippen LogP contribution in [0.3, 0.4) is 0 Å². The lowest BCUT2D eigenvalue weighted by Crippen LogP contribution is -2.32. The second kappa shape index (κ2) is 7.93. The molecule has 0 saturated carbocycles. The van der Waals surface area contributed by atoms with Gasteiger partial charge in [0.2, 0.25) is 0 Å². The van der Waals surface area contributed by atoms with E-state index < -0.39 is 0 Å². The average Bonchev–Trinajstić information content (AvgIpc) is 3.45. The van der Waals surface area contributed by atoms with E-state index in [1.807, 2.05) is 11.6 Å². The Morgan fingerprint density at radius 1 is 1.24 bits per heavy atom. The zero-order valence-corrected chi connectivity index (χ0v) is 16.7. The van der Waals surface area contributed by atoms with Gasteiger partial charge in [-0.1, -0.05) is 0 Å². The number of furan rings is 1. The summed E-state index contributed by atoms with van der Waals surface area (Å²) in [4.78, 5) is 12.7. The number of ether oxygens (including phenoxy) is 3. The minimum atomic E-state index is -0.180. The third-order valence-corrected chi connectivity index (χ3v) is 5.91. The number of fused-ring (bicyclic) bond motifs is 3. The normalized spacial score (nSPS) is 23.6. The maximum absolute atomic E-state index is 12.7. The summed E-state index contributed by atoms with van der Waals surface area (Å²) in [6.45, 7) is 5.77. The third-order valence-electron chi connectivity index (χ3n) is 5.91. The maximum atomic E-state index is 12.7. The van der Waals surface area contributed by atoms with Crippen LogP contribution in [0.25, 0.3) is 11.3 Å². The standard InChI is InChI=1S/C21H27N3O5/c1-13-18-17(29-20(13)21(25)22-9-15-3-2-6-27-15)5-4-14-10-24(23-19(14)18)11-16-12-26-7-8-28-16/h10,15-16H,2-9,11-12H2,1H3,(H,22,25)/t15-,16-/m0/s1. The second-order valence-electron chi connectivity index (χ2n) is 7.99. The molecule has 1 N–H and O–H groups in total. The molecule has 3 aliphatic rings. The van der Waals surface area contributed by atoms with Crippen LogP contribution < -0.4 is 5.32 Å². The van der Waals surface area contributed by atoms with Gasteiger partial charge in [0, 0.05) is 36.9 Å². The third kappa shape index (κ3) is 3.72. The van der Waals surface area contributed by atoms with Crippen LogP contribution in [0.5, 0.6) is 0 Å². The highest BCUT2D eigenvalue weighted by Gasteiger charge is 2.30. The van der Waals surface area contributed by atoms with Crippen LogP contribution in [0.2, 0.25) is 0 Å². The highest BCUT2D eigenvalue weighted by molar-refractivity contribution is 5.95. The lowest BCUT2D eigenvalue weighted by molar-refractivity contribution is -0.0946. The number of nitrogens with zero attached hydrogens (tertiary/aromatic N) is 2. The summed E-state index contributed by atoms with van der Waals surface area (Å²) in [5.41, 5.74) is 3.92. The number of amides is 1. The molecule has 29 heavy (non-hydrogen) atoms. The molecule has 2 saturated heterocycles. The number of rotatable bonds is 5. The predicted molar refractivity (Wildman–Crippen MR) is 104 cm³/mol. The van der Waals surface area contributed by atoms with Crippen LogP contribution in [0.4, 0.5) is 0 Å². The molecule has 4 heterocycles. The molecule has 8 heteroatoms. The van der Waals surface area contributed by atoms with Gasteiger partial charge in [0.25, 0.3) is 5.91 Å². The molecule has 0 aromatic carbocycles. The zero-order chi connectivity index (χ0) is 19.8.